The van der Waals surface area contributed by atoms with Crippen LogP contribution in [0.2, 0.25) is 0 Å². The zero-order valence-electron chi connectivity index (χ0n) is 6.59. The highest BCUT2D eigenvalue weighted by Gasteiger charge is 2.39. The number of fused-ring (bicyclic) bond motifs is 1. The molecule has 0 bridgehead atoms. The topological polar surface area (TPSA) is 29.3 Å². The van der Waals surface area contributed by atoms with Crippen LogP contribution in [0.3, 0.4) is 0 Å². The lowest BCUT2D eigenvalue weighted by Crippen LogP contribution is -2.37. The molecule has 0 aromatic rings. The summed E-state index contributed by atoms with van der Waals surface area (Å²) in [7, 11) is 0. The van der Waals surface area contributed by atoms with Crippen molar-refractivity contribution < 1.29 is 0 Å². The number of nitrogens with two attached hydrogens (primary N) is 1. The lowest BCUT2D eigenvalue weighted by atomic mass is 10.0. The van der Waals surface area contributed by atoms with Gasteiger partial charge in [-0.1, -0.05) is 6.92 Å². The minimum atomic E-state index is 0.377. The van der Waals surface area contributed by atoms with Crippen molar-refractivity contribution in [2.24, 2.45) is 11.7 Å². The van der Waals surface area contributed by atoms with Crippen molar-refractivity contribution in [1.82, 2.24) is 4.90 Å². The highest BCUT2D eigenvalue weighted by Crippen LogP contribution is 2.34. The fraction of sp³-hybridized carbons (Fsp3) is 1.00. The van der Waals surface area contributed by atoms with Crippen LogP contribution in [0.1, 0.15) is 26.2 Å². The summed E-state index contributed by atoms with van der Waals surface area (Å²) in [5.41, 5.74) is 5.94. The Balaban J connectivity index is 2.11. The minimum Gasteiger partial charge on any atom is -0.316 e. The summed E-state index contributed by atoms with van der Waals surface area (Å²) in [5, 5.41) is 0. The monoisotopic (exact) mass is 140 g/mol. The first-order valence-electron chi connectivity index (χ1n) is 4.30. The summed E-state index contributed by atoms with van der Waals surface area (Å²) in [6.45, 7) is 3.58. The fourth-order valence-electron chi connectivity index (χ4n) is 2.51. The molecule has 0 aliphatic carbocycles. The van der Waals surface area contributed by atoms with E-state index in [1.807, 2.05) is 0 Å². The Morgan fingerprint density at radius 3 is 3.00 bits per heavy atom. The van der Waals surface area contributed by atoms with Gasteiger partial charge in [0.1, 0.15) is 0 Å². The number of hydrogen-bond acceptors (Lipinski definition) is 2. The Hall–Kier alpha value is -0.0800. The SMILES string of the molecule is CC1CC(N)N2CCCC12. The van der Waals surface area contributed by atoms with E-state index >= 15 is 0 Å². The smallest absolute Gasteiger partial charge is 0.0577 e. The van der Waals surface area contributed by atoms with Gasteiger partial charge in [-0.15, -0.1) is 0 Å². The van der Waals surface area contributed by atoms with Crippen LogP contribution in [0.4, 0.5) is 0 Å². The zero-order valence-corrected chi connectivity index (χ0v) is 6.59. The van der Waals surface area contributed by atoms with Crippen molar-refractivity contribution in [1.29, 1.82) is 0 Å². The third-order valence-corrected chi connectivity index (χ3v) is 3.04. The summed E-state index contributed by atoms with van der Waals surface area (Å²) in [4.78, 5) is 2.48. The summed E-state index contributed by atoms with van der Waals surface area (Å²) < 4.78 is 0. The molecular formula is C8H16N2. The molecule has 2 heterocycles. The molecule has 0 amide bonds. The Bertz CT molecular complexity index is 121. The van der Waals surface area contributed by atoms with Gasteiger partial charge in [0.2, 0.25) is 0 Å². The second-order valence-electron chi connectivity index (χ2n) is 3.73. The Labute approximate surface area is 62.4 Å². The molecule has 2 N–H and O–H groups in total. The molecule has 2 rings (SSSR count). The van der Waals surface area contributed by atoms with E-state index < -0.39 is 0 Å². The molecular weight excluding hydrogens is 124 g/mol. The molecule has 10 heavy (non-hydrogen) atoms. The average molecular weight is 140 g/mol. The van der Waals surface area contributed by atoms with Crippen LogP contribution in [0.25, 0.3) is 0 Å². The van der Waals surface area contributed by atoms with Crippen molar-refractivity contribution >= 4 is 0 Å². The summed E-state index contributed by atoms with van der Waals surface area (Å²) in [6, 6.07) is 0.829. The Morgan fingerprint density at radius 1 is 1.50 bits per heavy atom. The van der Waals surface area contributed by atoms with Crippen molar-refractivity contribution in [3.8, 4) is 0 Å². The third kappa shape index (κ3) is 0.789. The Morgan fingerprint density at radius 2 is 2.30 bits per heavy atom. The van der Waals surface area contributed by atoms with Gasteiger partial charge in [-0.2, -0.15) is 0 Å². The fourth-order valence-corrected chi connectivity index (χ4v) is 2.51. The molecule has 0 aromatic carbocycles. The van der Waals surface area contributed by atoms with Crippen LogP contribution < -0.4 is 5.73 Å². The summed E-state index contributed by atoms with van der Waals surface area (Å²) in [5.74, 6) is 0.845. The highest BCUT2D eigenvalue weighted by atomic mass is 15.3. The van der Waals surface area contributed by atoms with Crippen LogP contribution >= 0.6 is 0 Å². The van der Waals surface area contributed by atoms with Crippen LogP contribution in [0, 0.1) is 5.92 Å². The molecule has 0 saturated carbocycles. The maximum atomic E-state index is 5.94. The van der Waals surface area contributed by atoms with Crippen molar-refractivity contribution in [2.45, 2.75) is 38.4 Å². The molecule has 0 spiro atoms. The number of hydrogen-bond donors (Lipinski definition) is 1. The molecule has 3 unspecified atom stereocenters. The molecule has 0 aromatic heterocycles. The van der Waals surface area contributed by atoms with Crippen LogP contribution in [0.5, 0.6) is 0 Å². The first-order valence-corrected chi connectivity index (χ1v) is 4.30. The lowest BCUT2D eigenvalue weighted by Gasteiger charge is -2.20. The van der Waals surface area contributed by atoms with Gasteiger partial charge in [-0.3, -0.25) is 4.90 Å². The van der Waals surface area contributed by atoms with Gasteiger partial charge >= 0.3 is 0 Å². The molecule has 3 atom stereocenters. The average Bonchev–Trinajstić information content (AvgIpc) is 2.39. The second-order valence-corrected chi connectivity index (χ2v) is 3.73. The van der Waals surface area contributed by atoms with Gasteiger partial charge in [0.15, 0.2) is 0 Å². The normalized spacial score (nSPS) is 48.0. The van der Waals surface area contributed by atoms with Gasteiger partial charge < -0.3 is 5.73 Å². The maximum absolute atomic E-state index is 5.94. The van der Waals surface area contributed by atoms with E-state index in [0.29, 0.717) is 6.17 Å². The predicted molar refractivity (Wildman–Crippen MR) is 41.5 cm³/mol. The zero-order chi connectivity index (χ0) is 7.14. The third-order valence-electron chi connectivity index (χ3n) is 3.04. The number of nitrogens with zero attached hydrogens (tertiary/aromatic N) is 1. The lowest BCUT2D eigenvalue weighted by molar-refractivity contribution is 0.241. The maximum Gasteiger partial charge on any atom is 0.0577 e. The molecule has 2 nitrogen and oxygen atoms in total. The number of rotatable bonds is 0. The van der Waals surface area contributed by atoms with Crippen molar-refractivity contribution in [3.05, 3.63) is 0 Å². The summed E-state index contributed by atoms with van der Waals surface area (Å²) in [6.07, 6.45) is 4.34. The van der Waals surface area contributed by atoms with E-state index in [1.54, 1.807) is 0 Å². The standard InChI is InChI=1S/C8H16N2/c1-6-5-8(9)10-4-2-3-7(6)10/h6-8H,2-5,9H2,1H3. The van der Waals surface area contributed by atoms with Crippen LogP contribution in [-0.4, -0.2) is 23.7 Å². The van der Waals surface area contributed by atoms with Gasteiger partial charge in [0.25, 0.3) is 0 Å². The van der Waals surface area contributed by atoms with Gasteiger partial charge in [-0.25, -0.2) is 0 Å². The molecule has 2 saturated heterocycles. The van der Waals surface area contributed by atoms with E-state index in [1.165, 1.54) is 25.8 Å². The largest absolute Gasteiger partial charge is 0.316 e. The Kier molecular flexibility index (Phi) is 1.46. The molecule has 0 radical (unpaired) electrons. The molecule has 2 aliphatic heterocycles. The van der Waals surface area contributed by atoms with E-state index in [-0.39, 0.29) is 0 Å². The van der Waals surface area contributed by atoms with E-state index in [2.05, 4.69) is 11.8 Å². The summed E-state index contributed by atoms with van der Waals surface area (Å²) >= 11 is 0. The van der Waals surface area contributed by atoms with Crippen molar-refractivity contribution in [3.63, 3.8) is 0 Å². The van der Waals surface area contributed by atoms with Gasteiger partial charge in [0, 0.05) is 6.04 Å². The second kappa shape index (κ2) is 2.21. The first-order chi connectivity index (χ1) is 4.79. The van der Waals surface area contributed by atoms with Crippen molar-refractivity contribution in [2.75, 3.05) is 6.54 Å². The molecule has 2 heteroatoms. The van der Waals surface area contributed by atoms with Crippen LogP contribution in [-0.2, 0) is 0 Å². The van der Waals surface area contributed by atoms with Crippen LogP contribution in [0.15, 0.2) is 0 Å². The minimum absolute atomic E-state index is 0.377. The highest BCUT2D eigenvalue weighted by molar-refractivity contribution is 4.93. The van der Waals surface area contributed by atoms with E-state index in [9.17, 15) is 0 Å². The van der Waals surface area contributed by atoms with Gasteiger partial charge in [0.05, 0.1) is 6.17 Å². The molecule has 2 fully saturated rings. The van der Waals surface area contributed by atoms with Gasteiger partial charge in [-0.05, 0) is 31.7 Å². The first kappa shape index (κ1) is 6.62. The molecule has 2 aliphatic rings. The van der Waals surface area contributed by atoms with E-state index in [4.69, 9.17) is 5.73 Å². The predicted octanol–water partition coefficient (Wildman–Crippen LogP) is 0.775. The quantitative estimate of drug-likeness (QED) is 0.538. The molecule has 58 valence electrons. The van der Waals surface area contributed by atoms with E-state index in [0.717, 1.165) is 12.0 Å².